The van der Waals surface area contributed by atoms with E-state index >= 15 is 0 Å². The number of hydrogen-bond donors (Lipinski definition) is 0. The Morgan fingerprint density at radius 3 is 2.67 bits per heavy atom. The van der Waals surface area contributed by atoms with Crippen molar-refractivity contribution in [1.82, 2.24) is 9.88 Å². The van der Waals surface area contributed by atoms with Crippen LogP contribution in [0.5, 0.6) is 0 Å². The van der Waals surface area contributed by atoms with Crippen molar-refractivity contribution in [1.29, 1.82) is 0 Å². The summed E-state index contributed by atoms with van der Waals surface area (Å²) >= 11 is 5.68. The highest BCUT2D eigenvalue weighted by Gasteiger charge is 2.19. The summed E-state index contributed by atoms with van der Waals surface area (Å²) in [5.74, 6) is 0.415. The fourth-order valence-electron chi connectivity index (χ4n) is 1.76. The normalized spacial score (nSPS) is 18.4. The summed E-state index contributed by atoms with van der Waals surface area (Å²) in [5, 5.41) is 0. The van der Waals surface area contributed by atoms with Crippen molar-refractivity contribution in [3.63, 3.8) is 0 Å². The van der Waals surface area contributed by atoms with Crippen LogP contribution in [0.25, 0.3) is 0 Å². The molecule has 0 atom stereocenters. The van der Waals surface area contributed by atoms with E-state index in [0.717, 1.165) is 38.4 Å². The number of oxazole rings is 1. The summed E-state index contributed by atoms with van der Waals surface area (Å²) in [6, 6.07) is 0.710. The molecule has 0 aliphatic carbocycles. The molecule has 1 aromatic rings. The van der Waals surface area contributed by atoms with E-state index in [2.05, 4.69) is 21.7 Å². The number of rotatable bonds is 3. The van der Waals surface area contributed by atoms with E-state index in [1.165, 1.54) is 0 Å². The lowest BCUT2D eigenvalue weighted by Crippen LogP contribution is -2.46. The van der Waals surface area contributed by atoms with Gasteiger partial charge in [0.25, 0.3) is 6.01 Å². The van der Waals surface area contributed by atoms with Gasteiger partial charge >= 0.3 is 0 Å². The van der Waals surface area contributed by atoms with Gasteiger partial charge in [-0.15, -0.1) is 11.6 Å². The van der Waals surface area contributed by atoms with Crippen molar-refractivity contribution in [2.24, 2.45) is 0 Å². The molecule has 0 aromatic carbocycles. The standard InChI is InChI=1S/C10H16ClN3O/c1-2-13-3-5-14(6-4-13)10-12-9(7-11)8-15-10/h8H,2-7H2,1H3. The second kappa shape index (κ2) is 4.86. The van der Waals surface area contributed by atoms with E-state index in [0.29, 0.717) is 11.9 Å². The molecular weight excluding hydrogens is 214 g/mol. The second-order valence-electron chi connectivity index (χ2n) is 3.68. The Balaban J connectivity index is 1.95. The number of likely N-dealkylation sites (N-methyl/N-ethyl adjacent to an activating group) is 1. The molecule has 0 amide bonds. The Morgan fingerprint density at radius 2 is 2.13 bits per heavy atom. The van der Waals surface area contributed by atoms with Gasteiger partial charge in [-0.3, -0.25) is 0 Å². The molecule has 0 N–H and O–H groups in total. The van der Waals surface area contributed by atoms with Gasteiger partial charge in [0.15, 0.2) is 0 Å². The smallest absolute Gasteiger partial charge is 0.297 e. The topological polar surface area (TPSA) is 32.5 Å². The van der Waals surface area contributed by atoms with Crippen molar-refractivity contribution < 1.29 is 4.42 Å². The molecule has 84 valence electrons. The van der Waals surface area contributed by atoms with Crippen LogP contribution in [0.2, 0.25) is 0 Å². The lowest BCUT2D eigenvalue weighted by molar-refractivity contribution is 0.265. The monoisotopic (exact) mass is 229 g/mol. The van der Waals surface area contributed by atoms with E-state index in [1.807, 2.05) is 0 Å². The van der Waals surface area contributed by atoms with Crippen molar-refractivity contribution in [3.05, 3.63) is 12.0 Å². The molecule has 1 aliphatic heterocycles. The van der Waals surface area contributed by atoms with Crippen LogP contribution >= 0.6 is 11.6 Å². The maximum Gasteiger partial charge on any atom is 0.297 e. The summed E-state index contributed by atoms with van der Waals surface area (Å²) in [5.41, 5.74) is 0.810. The maximum absolute atomic E-state index is 5.68. The number of aromatic nitrogens is 1. The first kappa shape index (κ1) is 10.8. The zero-order chi connectivity index (χ0) is 10.7. The summed E-state index contributed by atoms with van der Waals surface area (Å²) in [7, 11) is 0. The molecule has 1 aromatic heterocycles. The van der Waals surface area contributed by atoms with E-state index in [4.69, 9.17) is 16.0 Å². The summed E-state index contributed by atoms with van der Waals surface area (Å²) in [6.45, 7) is 7.43. The lowest BCUT2D eigenvalue weighted by Gasteiger charge is -2.32. The lowest BCUT2D eigenvalue weighted by atomic mass is 10.3. The van der Waals surface area contributed by atoms with Gasteiger partial charge in [-0.2, -0.15) is 4.98 Å². The molecule has 1 saturated heterocycles. The van der Waals surface area contributed by atoms with Crippen LogP contribution in [-0.4, -0.2) is 42.6 Å². The SMILES string of the molecule is CCN1CCN(c2nc(CCl)co2)CC1. The van der Waals surface area contributed by atoms with Gasteiger partial charge in [0.05, 0.1) is 11.6 Å². The fourth-order valence-corrected chi connectivity index (χ4v) is 1.88. The van der Waals surface area contributed by atoms with Crippen LogP contribution in [0.4, 0.5) is 6.01 Å². The summed E-state index contributed by atoms with van der Waals surface area (Å²) in [4.78, 5) is 8.90. The Hall–Kier alpha value is -0.740. The van der Waals surface area contributed by atoms with Crippen LogP contribution in [0.3, 0.4) is 0 Å². The Morgan fingerprint density at radius 1 is 1.40 bits per heavy atom. The molecule has 4 nitrogen and oxygen atoms in total. The highest BCUT2D eigenvalue weighted by atomic mass is 35.5. The first-order chi connectivity index (χ1) is 7.33. The molecule has 2 heterocycles. The molecular formula is C10H16ClN3O. The number of halogens is 1. The number of alkyl halides is 1. The first-order valence-corrected chi connectivity index (χ1v) is 5.84. The third-order valence-electron chi connectivity index (χ3n) is 2.77. The molecule has 0 saturated carbocycles. The zero-order valence-electron chi connectivity index (χ0n) is 8.95. The van der Waals surface area contributed by atoms with Crippen LogP contribution < -0.4 is 4.90 Å². The van der Waals surface area contributed by atoms with Crippen LogP contribution in [0.1, 0.15) is 12.6 Å². The van der Waals surface area contributed by atoms with Crippen LogP contribution in [-0.2, 0) is 5.88 Å². The number of piperazine rings is 1. The van der Waals surface area contributed by atoms with E-state index < -0.39 is 0 Å². The predicted molar refractivity (Wildman–Crippen MR) is 60.4 cm³/mol. The highest BCUT2D eigenvalue weighted by molar-refractivity contribution is 6.16. The van der Waals surface area contributed by atoms with Gasteiger partial charge in [0, 0.05) is 26.2 Å². The molecule has 0 spiro atoms. The van der Waals surface area contributed by atoms with Crippen molar-refractivity contribution in [2.45, 2.75) is 12.8 Å². The van der Waals surface area contributed by atoms with Gasteiger partial charge < -0.3 is 14.2 Å². The number of hydrogen-bond acceptors (Lipinski definition) is 4. The van der Waals surface area contributed by atoms with Crippen LogP contribution in [0.15, 0.2) is 10.7 Å². The average Bonchev–Trinajstić information content (AvgIpc) is 2.78. The van der Waals surface area contributed by atoms with Gasteiger partial charge in [-0.1, -0.05) is 6.92 Å². The minimum Gasteiger partial charge on any atom is -0.432 e. The van der Waals surface area contributed by atoms with Gasteiger partial charge in [0.2, 0.25) is 0 Å². The minimum atomic E-state index is 0.415. The number of nitrogens with zero attached hydrogens (tertiary/aromatic N) is 3. The Kier molecular flexibility index (Phi) is 3.49. The molecule has 0 radical (unpaired) electrons. The molecule has 2 rings (SSSR count). The highest BCUT2D eigenvalue weighted by Crippen LogP contribution is 2.16. The molecule has 1 aliphatic rings. The largest absolute Gasteiger partial charge is 0.432 e. The van der Waals surface area contributed by atoms with Crippen molar-refractivity contribution in [2.75, 3.05) is 37.6 Å². The first-order valence-electron chi connectivity index (χ1n) is 5.31. The zero-order valence-corrected chi connectivity index (χ0v) is 9.70. The predicted octanol–water partition coefficient (Wildman–Crippen LogP) is 1.56. The van der Waals surface area contributed by atoms with Gasteiger partial charge in [-0.25, -0.2) is 0 Å². The van der Waals surface area contributed by atoms with E-state index in [-0.39, 0.29) is 0 Å². The van der Waals surface area contributed by atoms with Gasteiger partial charge in [0.1, 0.15) is 6.26 Å². The third-order valence-corrected chi connectivity index (χ3v) is 3.04. The fraction of sp³-hybridized carbons (Fsp3) is 0.700. The quantitative estimate of drug-likeness (QED) is 0.737. The number of anilines is 1. The molecule has 15 heavy (non-hydrogen) atoms. The van der Waals surface area contributed by atoms with Crippen LogP contribution in [0, 0.1) is 0 Å². The minimum absolute atomic E-state index is 0.415. The summed E-state index contributed by atoms with van der Waals surface area (Å²) < 4.78 is 5.38. The second-order valence-corrected chi connectivity index (χ2v) is 3.94. The molecule has 5 heteroatoms. The molecule has 1 fully saturated rings. The third kappa shape index (κ3) is 2.44. The Labute approximate surface area is 94.8 Å². The van der Waals surface area contributed by atoms with E-state index in [1.54, 1.807) is 6.26 Å². The van der Waals surface area contributed by atoms with Crippen molar-refractivity contribution >= 4 is 17.6 Å². The molecule has 0 bridgehead atoms. The Bertz CT molecular complexity index is 307. The van der Waals surface area contributed by atoms with Crippen molar-refractivity contribution in [3.8, 4) is 0 Å². The molecule has 0 unspecified atom stereocenters. The average molecular weight is 230 g/mol. The summed E-state index contributed by atoms with van der Waals surface area (Å²) in [6.07, 6.45) is 1.63. The maximum atomic E-state index is 5.68. The van der Waals surface area contributed by atoms with E-state index in [9.17, 15) is 0 Å². The van der Waals surface area contributed by atoms with Gasteiger partial charge in [-0.05, 0) is 6.54 Å².